The van der Waals surface area contributed by atoms with E-state index in [1.165, 1.54) is 237 Å². The smallest absolute Gasteiger partial charge is 0.0540 e. The van der Waals surface area contributed by atoms with Crippen molar-refractivity contribution >= 4 is 51.2 Å². The largest absolute Gasteiger partial charge is 0.310 e. The van der Waals surface area contributed by atoms with Crippen molar-refractivity contribution in [2.45, 2.75) is 127 Å². The molecule has 0 N–H and O–H groups in total. The van der Waals surface area contributed by atoms with Gasteiger partial charge < -0.3 is 14.7 Å². The van der Waals surface area contributed by atoms with E-state index in [-0.39, 0.29) is 31.1 Å². The van der Waals surface area contributed by atoms with Crippen molar-refractivity contribution in [3.8, 4) is 89.0 Å². The second-order valence-corrected chi connectivity index (χ2v) is 42.2. The van der Waals surface area contributed by atoms with E-state index in [0.717, 1.165) is 71.0 Å². The lowest BCUT2D eigenvalue weighted by Gasteiger charge is -2.61. The highest BCUT2D eigenvalue weighted by Gasteiger charge is 2.65. The van der Waals surface area contributed by atoms with Crippen LogP contribution in [0.25, 0.3) is 89.0 Å². The number of fused-ring (bicyclic) bond motifs is 9. The minimum atomic E-state index is 0. The van der Waals surface area contributed by atoms with Gasteiger partial charge in [-0.15, -0.1) is 0 Å². The molecule has 0 amide bonds. The molecule has 12 saturated carbocycles. The molecule has 15 aliphatic carbocycles. The Labute approximate surface area is 811 Å². The number of hydrogen-bond donors (Lipinski definition) is 0. The van der Waals surface area contributed by atoms with Crippen molar-refractivity contribution in [3.63, 3.8) is 0 Å². The van der Waals surface area contributed by atoms with Gasteiger partial charge in [0.2, 0.25) is 0 Å². The topological polar surface area (TPSA) is 9.72 Å². The fraction of sp³-hybridized carbons (Fsp3) is 0.239. The van der Waals surface area contributed by atoms with Crippen molar-refractivity contribution in [2.75, 3.05) is 14.7 Å². The SMILES string of the molecule is C.C.c1ccc(-c2ccc(-c3ccc(N(c4ccccc4)c4ccc5c(c4)-c4ccccc4C54C5CC6CC(C5)CC4C6)cc3)cc2)cc1.c1ccc(-c2ccc(N(c3ccccc3)c3ccc4c(c3)-c3ccccc3C43C4CC5CC(C4)CC3C5)c(-c3ccccc3)c2)cc1.c1ccc(-c2cccc(N(c3ccccc3)c3ccc4c(c3)-c3ccccc3C43C4CC5CC(C4)CC3C5)c2)cc1. The predicted octanol–water partition coefficient (Wildman–Crippen LogP) is 36.2. The minimum Gasteiger partial charge on any atom is -0.310 e. The highest BCUT2D eigenvalue weighted by Crippen LogP contribution is 2.74. The van der Waals surface area contributed by atoms with Gasteiger partial charge in [0.1, 0.15) is 0 Å². The number of rotatable bonds is 14. The van der Waals surface area contributed by atoms with E-state index in [9.17, 15) is 0 Å². The maximum Gasteiger partial charge on any atom is 0.0540 e. The summed E-state index contributed by atoms with van der Waals surface area (Å²) in [5.41, 5.74) is 42.2. The second-order valence-electron chi connectivity index (χ2n) is 42.2. The van der Waals surface area contributed by atoms with Crippen LogP contribution in [-0.2, 0) is 16.2 Å². The Morgan fingerprint density at radius 1 is 0.146 bits per heavy atom. The summed E-state index contributed by atoms with van der Waals surface area (Å²) in [6, 6.07) is 160. The van der Waals surface area contributed by atoms with Crippen LogP contribution in [0, 0.1) is 71.0 Å². The van der Waals surface area contributed by atoms with Crippen LogP contribution < -0.4 is 14.7 Å². The zero-order valence-electron chi connectivity index (χ0n) is 76.9. The number of para-hydroxylation sites is 3. The van der Waals surface area contributed by atoms with Crippen LogP contribution in [0.2, 0.25) is 0 Å². The van der Waals surface area contributed by atoms with Crippen LogP contribution in [0.1, 0.15) is 145 Å². The summed E-state index contributed by atoms with van der Waals surface area (Å²) < 4.78 is 0. The zero-order chi connectivity index (χ0) is 88.9. The lowest BCUT2D eigenvalue weighted by molar-refractivity contribution is -0.0399. The third-order valence-electron chi connectivity index (χ3n) is 35.5. The lowest BCUT2D eigenvalue weighted by Crippen LogP contribution is -2.55. The molecule has 3 nitrogen and oxygen atoms in total. The van der Waals surface area contributed by atoms with Gasteiger partial charge in [0.05, 0.1) is 5.69 Å². The minimum absolute atomic E-state index is 0. The summed E-state index contributed by atoms with van der Waals surface area (Å²) in [4.78, 5) is 7.37. The molecule has 0 unspecified atom stereocenters. The average Bonchev–Trinajstić information content (AvgIpc) is 1.54. The van der Waals surface area contributed by atoms with E-state index in [2.05, 4.69) is 445 Å². The molecule has 0 radical (unpaired) electrons. The Kier molecular flexibility index (Phi) is 21.3. The third-order valence-corrected chi connectivity index (χ3v) is 35.5. The molecular formula is C134H121N3. The van der Waals surface area contributed by atoms with Crippen LogP contribution >= 0.6 is 0 Å². The maximum atomic E-state index is 2.55. The molecule has 32 rings (SSSR count). The molecule has 0 saturated heterocycles. The molecular weight excluding hydrogens is 1650 g/mol. The molecule has 137 heavy (non-hydrogen) atoms. The van der Waals surface area contributed by atoms with Crippen molar-refractivity contribution in [3.05, 3.63) is 464 Å². The van der Waals surface area contributed by atoms with Crippen molar-refractivity contribution in [1.82, 2.24) is 0 Å². The maximum absolute atomic E-state index is 2.55. The van der Waals surface area contributed by atoms with Gasteiger partial charge in [-0.2, -0.15) is 0 Å². The first kappa shape index (κ1) is 84.9. The van der Waals surface area contributed by atoms with Crippen LogP contribution in [0.3, 0.4) is 0 Å². The molecule has 15 aliphatic rings. The molecule has 12 bridgehead atoms. The summed E-state index contributed by atoms with van der Waals surface area (Å²) in [6.07, 6.45) is 21.4. The van der Waals surface area contributed by atoms with E-state index in [1.54, 1.807) is 33.4 Å². The summed E-state index contributed by atoms with van der Waals surface area (Å²) in [5.74, 6) is 10.4. The third kappa shape index (κ3) is 13.8. The molecule has 3 heteroatoms. The molecule has 0 aliphatic heterocycles. The average molecular weight is 1770 g/mol. The standard InChI is InChI=1S/2C46H39N.C40H35N.2CH4/c1-4-12-33(13-5-1)35-20-23-45(41(29-35)34-14-6-2-7-15-34)47(38-16-8-3-9-17-38)39-21-22-44-42(30-39)40-18-10-11-19-43(40)46(44)36-25-31-24-32(27-36)28-37(46)26-31;1-3-9-33(10-4-1)34-15-17-35(18-16-34)36-19-21-40(22-20-36)47(39-11-5-2-6-12-39)41-23-24-45-43(30-41)42-13-7-8-14-44(42)46(45)37-26-31-25-32(28-37)29-38(46)27-31;1-3-10-29(11-4-1)30-12-9-15-34(25-30)41(33-13-5-2-6-14-33)35-18-19-39-37(26-35)36-16-7-8-17-38(36)40(39)31-21-27-20-28(23-31)24-32(40)22-27;;/h1-23,29-32,36-37H,24-28H2;1-24,30-32,37-38H,25-29H2;1-19,25-28,31-32H,20-24H2;2*1H4. The summed E-state index contributed by atoms with van der Waals surface area (Å²) >= 11 is 0. The molecule has 0 heterocycles. The first-order chi connectivity index (χ1) is 66.8. The van der Waals surface area contributed by atoms with Crippen LogP contribution in [0.15, 0.2) is 431 Å². The summed E-state index contributed by atoms with van der Waals surface area (Å²) in [6.45, 7) is 0. The van der Waals surface area contributed by atoms with E-state index in [1.807, 2.05) is 0 Å². The van der Waals surface area contributed by atoms with Gasteiger partial charge in [0.25, 0.3) is 0 Å². The summed E-state index contributed by atoms with van der Waals surface area (Å²) in [7, 11) is 0. The second kappa shape index (κ2) is 34.4. The monoisotopic (exact) mass is 1770 g/mol. The van der Waals surface area contributed by atoms with Gasteiger partial charge in [0.15, 0.2) is 0 Å². The van der Waals surface area contributed by atoms with E-state index in [4.69, 9.17) is 0 Å². The Balaban J connectivity index is 0.000000109. The molecule has 3 spiro atoms. The van der Waals surface area contributed by atoms with E-state index >= 15 is 0 Å². The Hall–Kier alpha value is -13.9. The lowest BCUT2D eigenvalue weighted by atomic mass is 9.43. The Morgan fingerprint density at radius 3 is 0.730 bits per heavy atom. The fourth-order valence-electron chi connectivity index (χ4n) is 31.0. The highest BCUT2D eigenvalue weighted by atomic mass is 15.2. The molecule has 672 valence electrons. The van der Waals surface area contributed by atoms with Crippen molar-refractivity contribution in [1.29, 1.82) is 0 Å². The van der Waals surface area contributed by atoms with Gasteiger partial charge >= 0.3 is 0 Å². The first-order valence-electron chi connectivity index (χ1n) is 50.8. The van der Waals surface area contributed by atoms with Gasteiger partial charge in [0, 0.05) is 67.3 Å². The number of benzene rings is 17. The first-order valence-corrected chi connectivity index (χ1v) is 50.8. The predicted molar refractivity (Wildman–Crippen MR) is 574 cm³/mol. The van der Waals surface area contributed by atoms with Gasteiger partial charge in [-0.25, -0.2) is 0 Å². The van der Waals surface area contributed by atoms with E-state index < -0.39 is 0 Å². The number of hydrogen-bond acceptors (Lipinski definition) is 3. The Morgan fingerprint density at radius 2 is 0.372 bits per heavy atom. The van der Waals surface area contributed by atoms with Crippen molar-refractivity contribution < 1.29 is 0 Å². The molecule has 12 fully saturated rings. The van der Waals surface area contributed by atoms with Gasteiger partial charge in [-0.05, 0) is 393 Å². The Bertz CT molecular complexity index is 7220. The van der Waals surface area contributed by atoms with Crippen LogP contribution in [0.5, 0.6) is 0 Å². The normalized spacial score (nSPS) is 24.9. The molecule has 17 aromatic carbocycles. The quantitative estimate of drug-likeness (QED) is 0.107. The highest BCUT2D eigenvalue weighted by molar-refractivity contribution is 5.95. The number of nitrogens with zero attached hydrogens (tertiary/aromatic N) is 3. The van der Waals surface area contributed by atoms with Crippen LogP contribution in [-0.4, -0.2) is 0 Å². The van der Waals surface area contributed by atoms with E-state index in [0.29, 0.717) is 0 Å². The molecule has 0 atom stereocenters. The van der Waals surface area contributed by atoms with Crippen LogP contribution in [0.4, 0.5) is 51.2 Å². The van der Waals surface area contributed by atoms with Crippen molar-refractivity contribution in [2.24, 2.45) is 71.0 Å². The molecule has 17 aromatic rings. The zero-order valence-corrected chi connectivity index (χ0v) is 76.9. The van der Waals surface area contributed by atoms with Gasteiger partial charge in [-0.3, -0.25) is 0 Å². The number of anilines is 9. The molecule has 0 aromatic heterocycles. The fourth-order valence-corrected chi connectivity index (χ4v) is 31.0. The summed E-state index contributed by atoms with van der Waals surface area (Å²) in [5, 5.41) is 0. The van der Waals surface area contributed by atoms with Gasteiger partial charge in [-0.1, -0.05) is 336 Å².